The highest BCUT2D eigenvalue weighted by Gasteiger charge is 2.08. The maximum Gasteiger partial charge on any atom is 0.255 e. The molecule has 0 aromatic heterocycles. The Morgan fingerprint density at radius 2 is 1.75 bits per heavy atom. The van der Waals surface area contributed by atoms with Crippen molar-refractivity contribution in [3.63, 3.8) is 0 Å². The minimum atomic E-state index is -0.131. The van der Waals surface area contributed by atoms with Crippen molar-refractivity contribution in [1.82, 2.24) is 4.90 Å². The number of nitrogens with one attached hydrogen (secondary N) is 1. The minimum Gasteiger partial charge on any atom is -0.494 e. The molecular weight excluding hydrogens is 300 g/mol. The van der Waals surface area contributed by atoms with Gasteiger partial charge in [-0.3, -0.25) is 9.69 Å². The van der Waals surface area contributed by atoms with E-state index >= 15 is 0 Å². The smallest absolute Gasteiger partial charge is 0.255 e. The summed E-state index contributed by atoms with van der Waals surface area (Å²) < 4.78 is 5.44. The van der Waals surface area contributed by atoms with Crippen molar-refractivity contribution in [2.45, 2.75) is 27.3 Å². The molecule has 0 heterocycles. The summed E-state index contributed by atoms with van der Waals surface area (Å²) in [5.74, 6) is 0.577. The molecule has 2 aromatic carbocycles. The van der Waals surface area contributed by atoms with E-state index in [1.54, 1.807) is 12.1 Å². The van der Waals surface area contributed by atoms with Crippen LogP contribution >= 0.6 is 0 Å². The van der Waals surface area contributed by atoms with E-state index in [4.69, 9.17) is 4.74 Å². The molecule has 4 nitrogen and oxygen atoms in total. The number of anilines is 1. The molecule has 2 rings (SSSR count). The van der Waals surface area contributed by atoms with Crippen molar-refractivity contribution >= 4 is 11.6 Å². The first-order chi connectivity index (χ1) is 11.7. The number of carbonyl (C=O) groups is 1. The van der Waals surface area contributed by atoms with Crippen LogP contribution in [0.25, 0.3) is 0 Å². The molecule has 0 fully saturated rings. The third-order valence-electron chi connectivity index (χ3n) is 3.92. The first-order valence-electron chi connectivity index (χ1n) is 8.51. The van der Waals surface area contributed by atoms with Crippen LogP contribution in [0.3, 0.4) is 0 Å². The summed E-state index contributed by atoms with van der Waals surface area (Å²) in [5.41, 5.74) is 2.63. The van der Waals surface area contributed by atoms with E-state index in [0.29, 0.717) is 17.9 Å². The number of hydrogen-bond donors (Lipinski definition) is 1. The van der Waals surface area contributed by atoms with Crippen LogP contribution in [-0.4, -0.2) is 30.5 Å². The van der Waals surface area contributed by atoms with Gasteiger partial charge in [0.1, 0.15) is 5.75 Å². The van der Waals surface area contributed by atoms with Crippen molar-refractivity contribution in [3.05, 3.63) is 59.7 Å². The van der Waals surface area contributed by atoms with Crippen molar-refractivity contribution in [3.8, 4) is 5.75 Å². The molecular formula is C20H26N2O2. The number of ether oxygens (including phenoxy) is 1. The van der Waals surface area contributed by atoms with Gasteiger partial charge in [-0.1, -0.05) is 32.0 Å². The van der Waals surface area contributed by atoms with Crippen LogP contribution < -0.4 is 10.1 Å². The fourth-order valence-electron chi connectivity index (χ4n) is 2.50. The van der Waals surface area contributed by atoms with Crippen LogP contribution in [0, 0.1) is 0 Å². The predicted molar refractivity (Wildman–Crippen MR) is 98.6 cm³/mol. The first kappa shape index (κ1) is 18.0. The molecule has 4 heteroatoms. The van der Waals surface area contributed by atoms with Crippen molar-refractivity contribution in [2.75, 3.05) is 25.0 Å². The van der Waals surface area contributed by atoms with Crippen LogP contribution in [0.4, 0.5) is 5.69 Å². The van der Waals surface area contributed by atoms with Gasteiger partial charge in [-0.15, -0.1) is 0 Å². The van der Waals surface area contributed by atoms with E-state index in [2.05, 4.69) is 36.2 Å². The van der Waals surface area contributed by atoms with Crippen LogP contribution in [0.15, 0.2) is 48.5 Å². The molecule has 128 valence electrons. The molecule has 0 aliphatic rings. The average Bonchev–Trinajstić information content (AvgIpc) is 2.61. The second-order valence-corrected chi connectivity index (χ2v) is 5.57. The number of amides is 1. The lowest BCUT2D eigenvalue weighted by molar-refractivity contribution is 0.102. The Labute approximate surface area is 144 Å². The number of benzene rings is 2. The van der Waals surface area contributed by atoms with E-state index in [1.165, 1.54) is 5.56 Å². The standard InChI is InChI=1S/C20H26N2O2/c1-4-22(5-2)15-16-10-12-18(13-11-16)21-20(23)17-8-7-9-19(14-17)24-6-3/h7-14H,4-6,15H2,1-3H3,(H,21,23). The van der Waals surface area contributed by atoms with Crippen molar-refractivity contribution in [1.29, 1.82) is 0 Å². The SMILES string of the molecule is CCOc1cccc(C(=O)Nc2ccc(CN(CC)CC)cc2)c1. The number of rotatable bonds is 8. The maximum absolute atomic E-state index is 12.4. The molecule has 0 aliphatic heterocycles. The van der Waals surface area contributed by atoms with Gasteiger partial charge in [-0.25, -0.2) is 0 Å². The quantitative estimate of drug-likeness (QED) is 0.791. The topological polar surface area (TPSA) is 41.6 Å². The van der Waals surface area contributed by atoms with Gasteiger partial charge >= 0.3 is 0 Å². The van der Waals surface area contributed by atoms with Gasteiger partial charge in [-0.05, 0) is 55.9 Å². The number of hydrogen-bond acceptors (Lipinski definition) is 3. The highest BCUT2D eigenvalue weighted by Crippen LogP contribution is 2.16. The van der Waals surface area contributed by atoms with Crippen LogP contribution in [0.5, 0.6) is 5.75 Å². The molecule has 0 spiro atoms. The van der Waals surface area contributed by atoms with Gasteiger partial charge in [0, 0.05) is 17.8 Å². The molecule has 0 saturated carbocycles. The van der Waals surface area contributed by atoms with Gasteiger partial charge in [0.15, 0.2) is 0 Å². The Hall–Kier alpha value is -2.33. The van der Waals surface area contributed by atoms with E-state index in [9.17, 15) is 4.79 Å². The van der Waals surface area contributed by atoms with Crippen LogP contribution in [0.2, 0.25) is 0 Å². The summed E-state index contributed by atoms with van der Waals surface area (Å²) in [6, 6.07) is 15.2. The zero-order chi connectivity index (χ0) is 17.4. The molecule has 0 aliphatic carbocycles. The zero-order valence-electron chi connectivity index (χ0n) is 14.7. The maximum atomic E-state index is 12.4. The summed E-state index contributed by atoms with van der Waals surface area (Å²) in [4.78, 5) is 14.7. The Morgan fingerprint density at radius 1 is 1.04 bits per heavy atom. The van der Waals surface area contributed by atoms with Gasteiger partial charge in [0.05, 0.1) is 6.61 Å². The third kappa shape index (κ3) is 5.10. The van der Waals surface area contributed by atoms with Crippen molar-refractivity contribution in [2.24, 2.45) is 0 Å². The fourth-order valence-corrected chi connectivity index (χ4v) is 2.50. The lowest BCUT2D eigenvalue weighted by Gasteiger charge is -2.18. The van der Waals surface area contributed by atoms with Gasteiger partial charge < -0.3 is 10.1 Å². The van der Waals surface area contributed by atoms with Crippen LogP contribution in [0.1, 0.15) is 36.7 Å². The molecule has 0 unspecified atom stereocenters. The van der Waals surface area contributed by atoms with E-state index in [-0.39, 0.29) is 5.91 Å². The zero-order valence-corrected chi connectivity index (χ0v) is 14.7. The second-order valence-electron chi connectivity index (χ2n) is 5.57. The Morgan fingerprint density at radius 3 is 2.38 bits per heavy atom. The Kier molecular flexibility index (Phi) is 6.82. The highest BCUT2D eigenvalue weighted by atomic mass is 16.5. The molecule has 1 N–H and O–H groups in total. The predicted octanol–water partition coefficient (Wildman–Crippen LogP) is 4.18. The minimum absolute atomic E-state index is 0.131. The van der Waals surface area contributed by atoms with Gasteiger partial charge in [0.2, 0.25) is 0 Å². The first-order valence-corrected chi connectivity index (χ1v) is 8.51. The monoisotopic (exact) mass is 326 g/mol. The average molecular weight is 326 g/mol. The second kappa shape index (κ2) is 9.08. The molecule has 0 atom stereocenters. The number of carbonyl (C=O) groups excluding carboxylic acids is 1. The molecule has 24 heavy (non-hydrogen) atoms. The van der Waals surface area contributed by atoms with Crippen molar-refractivity contribution < 1.29 is 9.53 Å². The summed E-state index contributed by atoms with van der Waals surface area (Å²) in [6.07, 6.45) is 0. The lowest BCUT2D eigenvalue weighted by Crippen LogP contribution is -2.22. The number of nitrogens with zero attached hydrogens (tertiary/aromatic N) is 1. The normalized spacial score (nSPS) is 10.7. The summed E-state index contributed by atoms with van der Waals surface area (Å²) in [5, 5.41) is 2.93. The molecule has 0 bridgehead atoms. The largest absolute Gasteiger partial charge is 0.494 e. The summed E-state index contributed by atoms with van der Waals surface area (Å²) in [7, 11) is 0. The summed E-state index contributed by atoms with van der Waals surface area (Å²) >= 11 is 0. The highest BCUT2D eigenvalue weighted by molar-refractivity contribution is 6.04. The third-order valence-corrected chi connectivity index (χ3v) is 3.92. The molecule has 0 saturated heterocycles. The van der Waals surface area contributed by atoms with E-state index in [1.807, 2.05) is 31.2 Å². The molecule has 2 aromatic rings. The Bertz CT molecular complexity index is 649. The molecule has 1 amide bonds. The Balaban J connectivity index is 2.00. The van der Waals surface area contributed by atoms with E-state index in [0.717, 1.165) is 25.3 Å². The van der Waals surface area contributed by atoms with Gasteiger partial charge in [-0.2, -0.15) is 0 Å². The fraction of sp³-hybridized carbons (Fsp3) is 0.350. The molecule has 0 radical (unpaired) electrons. The van der Waals surface area contributed by atoms with E-state index < -0.39 is 0 Å². The lowest BCUT2D eigenvalue weighted by atomic mass is 10.1. The van der Waals surface area contributed by atoms with Gasteiger partial charge in [0.25, 0.3) is 5.91 Å². The summed E-state index contributed by atoms with van der Waals surface area (Å²) in [6.45, 7) is 9.82. The van der Waals surface area contributed by atoms with Crippen LogP contribution in [-0.2, 0) is 6.54 Å².